The summed E-state index contributed by atoms with van der Waals surface area (Å²) in [5.41, 5.74) is -0.409. The van der Waals surface area contributed by atoms with Gasteiger partial charge in [0.15, 0.2) is 0 Å². The van der Waals surface area contributed by atoms with Gasteiger partial charge in [-0.2, -0.15) is 0 Å². The summed E-state index contributed by atoms with van der Waals surface area (Å²) in [6, 6.07) is 7.19. The Balaban J connectivity index is 2.04. The molecule has 8 heteroatoms. The van der Waals surface area contributed by atoms with E-state index >= 15 is 0 Å². The fourth-order valence-corrected chi connectivity index (χ4v) is 3.47. The van der Waals surface area contributed by atoms with Gasteiger partial charge in [0.2, 0.25) is 6.33 Å². The second-order valence-electron chi connectivity index (χ2n) is 7.17. The number of carbonyl (C=O) groups is 1. The summed E-state index contributed by atoms with van der Waals surface area (Å²) in [5.74, 6) is 0.897. The molecule has 0 bridgehead atoms. The Labute approximate surface area is 157 Å². The van der Waals surface area contributed by atoms with Gasteiger partial charge in [0.25, 0.3) is 5.91 Å². The number of amides is 1. The van der Waals surface area contributed by atoms with Gasteiger partial charge in [-0.05, 0) is 53.3 Å². The molecule has 0 spiro atoms. The zero-order valence-corrected chi connectivity index (χ0v) is 15.8. The van der Waals surface area contributed by atoms with Crippen LogP contribution in [0.2, 0.25) is 0 Å². The van der Waals surface area contributed by atoms with Crippen molar-refractivity contribution in [2.24, 2.45) is 5.92 Å². The third-order valence-corrected chi connectivity index (χ3v) is 5.41. The first kappa shape index (κ1) is 18.9. The van der Waals surface area contributed by atoms with Crippen LogP contribution in [-0.4, -0.2) is 45.5 Å². The van der Waals surface area contributed by atoms with Crippen LogP contribution in [0.15, 0.2) is 36.8 Å². The molecule has 1 atom stereocenters. The number of methoxy groups -OCH3 is 1. The summed E-state index contributed by atoms with van der Waals surface area (Å²) in [6.45, 7) is 5.33. The number of benzene rings is 1. The molecule has 2 aromatic rings. The van der Waals surface area contributed by atoms with Crippen molar-refractivity contribution in [2.75, 3.05) is 20.2 Å². The lowest BCUT2D eigenvalue weighted by Gasteiger charge is -2.38. The lowest BCUT2D eigenvalue weighted by Crippen LogP contribution is -2.51. The third-order valence-electron chi connectivity index (χ3n) is 5.41. The fraction of sp³-hybridized carbons (Fsp3) is 0.474. The molecule has 1 aliphatic heterocycles. The monoisotopic (exact) mass is 372 g/mol. The minimum Gasteiger partial charge on any atom is -0.497 e. The van der Waals surface area contributed by atoms with Crippen molar-refractivity contribution in [1.29, 1.82) is 0 Å². The van der Waals surface area contributed by atoms with Gasteiger partial charge in [-0.15, -0.1) is 0 Å². The second-order valence-corrected chi connectivity index (χ2v) is 7.17. The number of nitro groups is 1. The predicted molar refractivity (Wildman–Crippen MR) is 99.6 cm³/mol. The Morgan fingerprint density at radius 2 is 1.93 bits per heavy atom. The quantitative estimate of drug-likeness (QED) is 0.595. The van der Waals surface area contributed by atoms with E-state index in [2.05, 4.69) is 11.9 Å². The molecular formula is C19H24N4O4. The van der Waals surface area contributed by atoms with Gasteiger partial charge in [-0.1, -0.05) is 19.1 Å². The lowest BCUT2D eigenvalue weighted by molar-refractivity contribution is -0.389. The van der Waals surface area contributed by atoms with E-state index in [1.807, 2.05) is 17.0 Å². The number of hydrogen-bond donors (Lipinski definition) is 0. The zero-order chi connectivity index (χ0) is 19.6. The van der Waals surface area contributed by atoms with Gasteiger partial charge in [-0.3, -0.25) is 9.36 Å². The summed E-state index contributed by atoms with van der Waals surface area (Å²) in [4.78, 5) is 29.8. The van der Waals surface area contributed by atoms with E-state index in [0.717, 1.165) is 18.4 Å². The highest BCUT2D eigenvalue weighted by Crippen LogP contribution is 2.32. The Bertz CT molecular complexity index is 824. The predicted octanol–water partition coefficient (Wildman–Crippen LogP) is 2.82. The maximum Gasteiger partial charge on any atom is 0.381 e. The molecule has 1 saturated heterocycles. The van der Waals surface area contributed by atoms with Crippen LogP contribution in [-0.2, 0) is 10.3 Å². The highest BCUT2D eigenvalue weighted by Gasteiger charge is 2.42. The van der Waals surface area contributed by atoms with Crippen molar-refractivity contribution >= 4 is 11.7 Å². The molecule has 3 rings (SSSR count). The van der Waals surface area contributed by atoms with Gasteiger partial charge in [0.05, 0.1) is 7.11 Å². The smallest absolute Gasteiger partial charge is 0.381 e. The molecule has 144 valence electrons. The van der Waals surface area contributed by atoms with Crippen LogP contribution in [0, 0.1) is 16.0 Å². The van der Waals surface area contributed by atoms with E-state index in [0.29, 0.717) is 24.8 Å². The molecule has 0 radical (unpaired) electrons. The van der Waals surface area contributed by atoms with Gasteiger partial charge in [0, 0.05) is 13.1 Å². The first-order chi connectivity index (χ1) is 12.9. The Hall–Kier alpha value is -2.90. The average molecular weight is 372 g/mol. The molecule has 1 fully saturated rings. The van der Waals surface area contributed by atoms with Gasteiger partial charge in [-0.25, -0.2) is 0 Å². The highest BCUT2D eigenvalue weighted by atomic mass is 16.6. The fourth-order valence-electron chi connectivity index (χ4n) is 3.47. The molecule has 1 unspecified atom stereocenters. The van der Waals surface area contributed by atoms with Crippen molar-refractivity contribution in [2.45, 2.75) is 32.2 Å². The Kier molecular flexibility index (Phi) is 5.16. The van der Waals surface area contributed by atoms with Crippen LogP contribution < -0.4 is 4.74 Å². The van der Waals surface area contributed by atoms with Gasteiger partial charge >= 0.3 is 5.82 Å². The number of ether oxygens (including phenoxy) is 1. The van der Waals surface area contributed by atoms with Crippen LogP contribution in [0.3, 0.4) is 0 Å². The van der Waals surface area contributed by atoms with E-state index < -0.39 is 10.5 Å². The second kappa shape index (κ2) is 7.38. The number of hydrogen-bond acceptors (Lipinski definition) is 5. The van der Waals surface area contributed by atoms with E-state index in [1.54, 1.807) is 26.2 Å². The summed E-state index contributed by atoms with van der Waals surface area (Å²) >= 11 is 0. The van der Waals surface area contributed by atoms with Crippen LogP contribution >= 0.6 is 0 Å². The molecule has 1 aliphatic rings. The Morgan fingerprint density at radius 3 is 2.44 bits per heavy atom. The van der Waals surface area contributed by atoms with E-state index in [-0.39, 0.29) is 11.7 Å². The molecule has 27 heavy (non-hydrogen) atoms. The first-order valence-corrected chi connectivity index (χ1v) is 8.99. The summed E-state index contributed by atoms with van der Waals surface area (Å²) in [7, 11) is 1.58. The molecule has 1 amide bonds. The summed E-state index contributed by atoms with van der Waals surface area (Å²) in [6.07, 6.45) is 4.57. The number of imidazole rings is 1. The number of piperidine rings is 1. The molecule has 1 aromatic heterocycles. The molecule has 2 heterocycles. The number of aromatic nitrogens is 2. The number of carbonyl (C=O) groups excluding carboxylic acids is 1. The van der Waals surface area contributed by atoms with E-state index in [1.165, 1.54) is 17.1 Å². The SMILES string of the molecule is COc1ccc(C(C)(C(=O)N2CCC(C)CC2)n2cnc([N+](=O)[O-])c2)cc1. The third kappa shape index (κ3) is 3.51. The summed E-state index contributed by atoms with van der Waals surface area (Å²) < 4.78 is 6.74. The van der Waals surface area contributed by atoms with Gasteiger partial charge in [0.1, 0.15) is 17.5 Å². The van der Waals surface area contributed by atoms with Crippen LogP contribution in [0.25, 0.3) is 0 Å². The minimum atomic E-state index is -1.13. The summed E-state index contributed by atoms with van der Waals surface area (Å²) in [5, 5.41) is 11.1. The number of likely N-dealkylation sites (tertiary alicyclic amines) is 1. The van der Waals surface area contributed by atoms with Crippen molar-refractivity contribution < 1.29 is 14.5 Å². The molecular weight excluding hydrogens is 348 g/mol. The largest absolute Gasteiger partial charge is 0.497 e. The van der Waals surface area contributed by atoms with Crippen LogP contribution in [0.5, 0.6) is 5.75 Å². The maximum atomic E-state index is 13.5. The molecule has 0 saturated carbocycles. The molecule has 8 nitrogen and oxygen atoms in total. The lowest BCUT2D eigenvalue weighted by atomic mass is 9.88. The van der Waals surface area contributed by atoms with E-state index in [4.69, 9.17) is 4.74 Å². The Morgan fingerprint density at radius 1 is 1.30 bits per heavy atom. The van der Waals surface area contributed by atoms with Gasteiger partial charge < -0.3 is 19.8 Å². The number of rotatable bonds is 5. The molecule has 0 aliphatic carbocycles. The van der Waals surface area contributed by atoms with Crippen LogP contribution in [0.4, 0.5) is 5.82 Å². The first-order valence-electron chi connectivity index (χ1n) is 8.99. The zero-order valence-electron chi connectivity index (χ0n) is 15.8. The molecule has 0 N–H and O–H groups in total. The van der Waals surface area contributed by atoms with E-state index in [9.17, 15) is 14.9 Å². The maximum absolute atomic E-state index is 13.5. The van der Waals surface area contributed by atoms with Crippen molar-refractivity contribution in [3.8, 4) is 5.75 Å². The normalized spacial score (nSPS) is 17.4. The van der Waals surface area contributed by atoms with Crippen molar-refractivity contribution in [3.05, 3.63) is 52.5 Å². The number of nitrogens with zero attached hydrogens (tertiary/aromatic N) is 4. The minimum absolute atomic E-state index is 0.0909. The topological polar surface area (TPSA) is 90.5 Å². The standard InChI is InChI=1S/C19H24N4O4/c1-14-8-10-21(11-9-14)18(24)19(2,15-4-6-16(27-3)7-5-15)22-12-17(20-13-22)23(25)26/h4-7,12-14H,8-11H2,1-3H3. The van der Waals surface area contributed by atoms with Crippen LogP contribution in [0.1, 0.15) is 32.3 Å². The average Bonchev–Trinajstić information content (AvgIpc) is 3.18. The molecule has 1 aromatic carbocycles. The van der Waals surface area contributed by atoms with Crippen molar-refractivity contribution in [1.82, 2.24) is 14.5 Å². The highest BCUT2D eigenvalue weighted by molar-refractivity contribution is 5.88. The van der Waals surface area contributed by atoms with Crippen molar-refractivity contribution in [3.63, 3.8) is 0 Å².